The molecule has 210 valence electrons. The second-order valence-electron chi connectivity index (χ2n) is 9.08. The molecule has 1 heterocycles. The van der Waals surface area contributed by atoms with Gasteiger partial charge in [-0.15, -0.1) is 11.3 Å². The smallest absolute Gasteiger partial charge is 0.322 e. The number of amides is 3. The summed E-state index contributed by atoms with van der Waals surface area (Å²) in [6, 6.07) is 16.8. The van der Waals surface area contributed by atoms with E-state index in [1.54, 1.807) is 42.6 Å². The maximum Gasteiger partial charge on any atom is 0.322 e. The van der Waals surface area contributed by atoms with Crippen molar-refractivity contribution in [2.45, 2.75) is 40.2 Å². The van der Waals surface area contributed by atoms with Gasteiger partial charge in [-0.2, -0.15) is 0 Å². The van der Waals surface area contributed by atoms with Crippen molar-refractivity contribution < 1.29 is 23.8 Å². The number of nitrogens with zero attached hydrogens (tertiary/aromatic N) is 2. The van der Waals surface area contributed by atoms with E-state index in [1.807, 2.05) is 49.1 Å². The number of aryl methyl sites for hydroxylation is 1. The van der Waals surface area contributed by atoms with Gasteiger partial charge in [0.1, 0.15) is 12.3 Å². The van der Waals surface area contributed by atoms with Crippen molar-refractivity contribution >= 4 is 29.0 Å². The number of anilines is 1. The molecule has 3 amide bonds. The molecule has 8 nitrogen and oxygen atoms in total. The van der Waals surface area contributed by atoms with Crippen molar-refractivity contribution in [2.75, 3.05) is 45.8 Å². The molecule has 3 rings (SSSR count). The fourth-order valence-corrected chi connectivity index (χ4v) is 5.05. The normalized spacial score (nSPS) is 10.6. The first-order valence-corrected chi connectivity index (χ1v) is 14.0. The van der Waals surface area contributed by atoms with Crippen LogP contribution in [-0.4, -0.2) is 62.2 Å². The lowest BCUT2D eigenvalue weighted by Gasteiger charge is -2.27. The number of thiophene rings is 1. The van der Waals surface area contributed by atoms with Crippen LogP contribution in [0, 0.1) is 6.92 Å². The Hall–Kier alpha value is -3.72. The first-order chi connectivity index (χ1) is 18.9. The van der Waals surface area contributed by atoms with Gasteiger partial charge in [0.2, 0.25) is 5.91 Å². The molecular weight excluding hydrogens is 514 g/mol. The molecule has 39 heavy (non-hydrogen) atoms. The lowest BCUT2D eigenvalue weighted by molar-refractivity contribution is -0.132. The van der Waals surface area contributed by atoms with Crippen LogP contribution < -0.4 is 19.5 Å². The van der Waals surface area contributed by atoms with Crippen LogP contribution in [0.4, 0.5) is 10.5 Å². The maximum atomic E-state index is 13.6. The van der Waals surface area contributed by atoms with Gasteiger partial charge in [0.15, 0.2) is 11.5 Å². The molecule has 0 spiro atoms. The highest BCUT2D eigenvalue weighted by atomic mass is 32.1. The third-order valence-electron chi connectivity index (χ3n) is 6.14. The summed E-state index contributed by atoms with van der Waals surface area (Å²) in [5.74, 6) is 1.96. The third-order valence-corrected chi connectivity index (χ3v) is 7.12. The topological polar surface area (TPSA) is 80.3 Å². The van der Waals surface area contributed by atoms with Crippen molar-refractivity contribution in [1.29, 1.82) is 0 Å². The molecule has 0 saturated heterocycles. The average Bonchev–Trinajstić information content (AvgIpc) is 3.36. The first-order valence-electron chi connectivity index (χ1n) is 13.2. The Morgan fingerprint density at radius 1 is 0.897 bits per heavy atom. The lowest BCUT2D eigenvalue weighted by atomic mass is 10.1. The summed E-state index contributed by atoms with van der Waals surface area (Å²) in [5.41, 5.74) is 1.68. The standard InChI is InChI=1S/C30H39N3O5S/c1-6-17-33(30(35)31-24-10-12-25(13-11-24)38-7-2)21-29(34)32(20-26-14-8-22(3)39-26)18-16-23-9-15-27(36-4)28(19-23)37-5/h8-15,19H,6-7,16-18,20-21H2,1-5H3,(H,31,35). The molecular formula is C30H39N3O5S. The van der Waals surface area contributed by atoms with E-state index < -0.39 is 0 Å². The van der Waals surface area contributed by atoms with Gasteiger partial charge in [0.05, 0.1) is 27.4 Å². The largest absolute Gasteiger partial charge is 0.494 e. The zero-order chi connectivity index (χ0) is 28.2. The summed E-state index contributed by atoms with van der Waals surface area (Å²) in [6.45, 7) is 8.00. The van der Waals surface area contributed by atoms with Crippen LogP contribution in [0.25, 0.3) is 0 Å². The second kappa shape index (κ2) is 15.0. The molecule has 0 fully saturated rings. The lowest BCUT2D eigenvalue weighted by Crippen LogP contribution is -2.45. The van der Waals surface area contributed by atoms with Crippen LogP contribution in [0.1, 0.15) is 35.6 Å². The van der Waals surface area contributed by atoms with Gasteiger partial charge < -0.3 is 29.3 Å². The number of benzene rings is 2. The number of methoxy groups -OCH3 is 2. The summed E-state index contributed by atoms with van der Waals surface area (Å²) in [4.78, 5) is 32.4. The van der Waals surface area contributed by atoms with E-state index in [-0.39, 0.29) is 18.5 Å². The van der Waals surface area contributed by atoms with Crippen LogP contribution in [0.2, 0.25) is 0 Å². The fourth-order valence-electron chi connectivity index (χ4n) is 4.14. The monoisotopic (exact) mass is 553 g/mol. The highest BCUT2D eigenvalue weighted by molar-refractivity contribution is 7.11. The van der Waals surface area contributed by atoms with Gasteiger partial charge in [-0.1, -0.05) is 13.0 Å². The minimum Gasteiger partial charge on any atom is -0.494 e. The number of urea groups is 1. The maximum absolute atomic E-state index is 13.6. The quantitative estimate of drug-likeness (QED) is 0.265. The van der Waals surface area contributed by atoms with Gasteiger partial charge in [-0.3, -0.25) is 4.79 Å². The predicted octanol–water partition coefficient (Wildman–Crippen LogP) is 5.99. The highest BCUT2D eigenvalue weighted by Gasteiger charge is 2.22. The summed E-state index contributed by atoms with van der Waals surface area (Å²) in [7, 11) is 3.21. The van der Waals surface area contributed by atoms with Crippen molar-refractivity contribution in [1.82, 2.24) is 9.80 Å². The number of carbonyl (C=O) groups is 2. The number of hydrogen-bond acceptors (Lipinski definition) is 6. The van der Waals surface area contributed by atoms with Crippen LogP contribution in [-0.2, 0) is 17.8 Å². The number of rotatable bonds is 14. The molecule has 2 aromatic carbocycles. The van der Waals surface area contributed by atoms with Gasteiger partial charge in [-0.25, -0.2) is 4.79 Å². The summed E-state index contributed by atoms with van der Waals surface area (Å²) in [6.07, 6.45) is 1.38. The Morgan fingerprint density at radius 2 is 1.64 bits per heavy atom. The van der Waals surface area contributed by atoms with Crippen molar-refractivity contribution in [2.24, 2.45) is 0 Å². The first kappa shape index (κ1) is 29.8. The molecule has 0 aliphatic rings. The molecule has 0 saturated carbocycles. The molecule has 0 aliphatic carbocycles. The SMILES string of the molecule is CCCN(CC(=O)N(CCc1ccc(OC)c(OC)c1)Cc1ccc(C)s1)C(=O)Nc1ccc(OCC)cc1. The van der Waals surface area contributed by atoms with Gasteiger partial charge in [-0.05, 0) is 80.8 Å². The summed E-state index contributed by atoms with van der Waals surface area (Å²) in [5, 5.41) is 2.91. The van der Waals surface area contributed by atoms with E-state index in [2.05, 4.69) is 24.4 Å². The number of ether oxygens (including phenoxy) is 3. The zero-order valence-corrected chi connectivity index (χ0v) is 24.3. The highest BCUT2D eigenvalue weighted by Crippen LogP contribution is 2.28. The van der Waals surface area contributed by atoms with E-state index in [9.17, 15) is 9.59 Å². The van der Waals surface area contributed by atoms with Gasteiger partial charge >= 0.3 is 6.03 Å². The molecule has 0 unspecified atom stereocenters. The molecule has 0 bridgehead atoms. The molecule has 1 N–H and O–H groups in total. The van der Waals surface area contributed by atoms with Crippen molar-refractivity contribution in [3.8, 4) is 17.2 Å². The predicted molar refractivity (Wildman–Crippen MR) is 156 cm³/mol. The summed E-state index contributed by atoms with van der Waals surface area (Å²) >= 11 is 1.67. The van der Waals surface area contributed by atoms with Crippen molar-refractivity contribution in [3.05, 3.63) is 69.9 Å². The van der Waals surface area contributed by atoms with Crippen LogP contribution >= 0.6 is 11.3 Å². The zero-order valence-electron chi connectivity index (χ0n) is 23.5. The fraction of sp³-hybridized carbons (Fsp3) is 0.400. The van der Waals surface area contributed by atoms with Gasteiger partial charge in [0, 0.05) is 28.5 Å². The number of hydrogen-bond donors (Lipinski definition) is 1. The van der Waals surface area contributed by atoms with Crippen molar-refractivity contribution in [3.63, 3.8) is 0 Å². The molecule has 0 atom stereocenters. The van der Waals surface area contributed by atoms with E-state index in [4.69, 9.17) is 14.2 Å². The van der Waals surface area contributed by atoms with E-state index in [1.165, 1.54) is 4.88 Å². The number of nitrogens with one attached hydrogen (secondary N) is 1. The minimum absolute atomic E-state index is 0.00695. The molecule has 0 aliphatic heterocycles. The Bertz CT molecular complexity index is 1210. The average molecular weight is 554 g/mol. The minimum atomic E-state index is -0.304. The van der Waals surface area contributed by atoms with E-state index >= 15 is 0 Å². The Labute approximate surface area is 235 Å². The van der Waals surface area contributed by atoms with Crippen LogP contribution in [0.5, 0.6) is 17.2 Å². The van der Waals surface area contributed by atoms with Crippen LogP contribution in [0.15, 0.2) is 54.6 Å². The molecule has 0 radical (unpaired) electrons. The van der Waals surface area contributed by atoms with Gasteiger partial charge in [0.25, 0.3) is 0 Å². The Kier molecular flexibility index (Phi) is 11.5. The molecule has 1 aromatic heterocycles. The molecule has 9 heteroatoms. The number of carbonyl (C=O) groups excluding carboxylic acids is 2. The van der Waals surface area contributed by atoms with E-state index in [0.717, 1.165) is 22.6 Å². The van der Waals surface area contributed by atoms with E-state index in [0.29, 0.717) is 49.8 Å². The summed E-state index contributed by atoms with van der Waals surface area (Å²) < 4.78 is 16.3. The Morgan fingerprint density at radius 3 is 2.26 bits per heavy atom. The third kappa shape index (κ3) is 8.92. The van der Waals surface area contributed by atoms with Crippen LogP contribution in [0.3, 0.4) is 0 Å². The Balaban J connectivity index is 1.72. The second-order valence-corrected chi connectivity index (χ2v) is 10.4. The molecule has 3 aromatic rings.